The Hall–Kier alpha value is -1.26. The van der Waals surface area contributed by atoms with Crippen LogP contribution in [0.4, 0.5) is 12.0 Å². The van der Waals surface area contributed by atoms with Crippen molar-refractivity contribution in [3.8, 4) is 0 Å². The summed E-state index contributed by atoms with van der Waals surface area (Å²) in [5.41, 5.74) is 5.28. The van der Waals surface area contributed by atoms with Crippen LogP contribution in [-0.2, 0) is 0 Å². The molecule has 5 heteroatoms. The number of nitrogens with two attached hydrogens (primary N) is 1. The molecule has 74 valence electrons. The minimum atomic E-state index is 0.0962. The number of hydrogen-bond acceptors (Lipinski definition) is 5. The van der Waals surface area contributed by atoms with Gasteiger partial charge in [-0.3, -0.25) is 0 Å². The van der Waals surface area contributed by atoms with Crippen molar-refractivity contribution in [3.63, 3.8) is 0 Å². The van der Waals surface area contributed by atoms with Gasteiger partial charge in [-0.05, 0) is 12.8 Å². The van der Waals surface area contributed by atoms with E-state index in [1.54, 1.807) is 0 Å². The van der Waals surface area contributed by atoms with Gasteiger partial charge in [-0.15, -0.1) is 0 Å². The molecular formula is C8H16N4O. The molecule has 0 saturated heterocycles. The van der Waals surface area contributed by atoms with E-state index in [0.717, 1.165) is 6.42 Å². The zero-order valence-corrected chi connectivity index (χ0v) is 8.24. The van der Waals surface area contributed by atoms with Gasteiger partial charge in [0.2, 0.25) is 0 Å². The van der Waals surface area contributed by atoms with Crippen LogP contribution in [0.1, 0.15) is 27.2 Å². The lowest BCUT2D eigenvalue weighted by Crippen LogP contribution is -2.23. The van der Waals surface area contributed by atoms with Gasteiger partial charge in [-0.25, -0.2) is 0 Å². The lowest BCUT2D eigenvalue weighted by atomic mass is 10.0. The Balaban J connectivity index is 2.49. The molecule has 1 aromatic heterocycles. The molecule has 0 aliphatic rings. The monoisotopic (exact) mass is 184 g/mol. The predicted octanol–water partition coefficient (Wildman–Crippen LogP) is 1.50. The minimum absolute atomic E-state index is 0.0962. The summed E-state index contributed by atoms with van der Waals surface area (Å²) in [6.07, 6.45) is 1.11. The Bertz CT molecular complexity index is 260. The number of nitrogens with one attached hydrogen (secondary N) is 1. The summed E-state index contributed by atoms with van der Waals surface area (Å²) in [4.78, 5) is 0. The topological polar surface area (TPSA) is 77.0 Å². The average molecular weight is 184 g/mol. The predicted molar refractivity (Wildman–Crippen MR) is 51.3 cm³/mol. The zero-order valence-electron chi connectivity index (χ0n) is 8.24. The Kier molecular flexibility index (Phi) is 3.11. The number of rotatable bonds is 4. The number of nitrogen functional groups attached to an aromatic ring is 1. The first kappa shape index (κ1) is 9.83. The van der Waals surface area contributed by atoms with E-state index in [-0.39, 0.29) is 6.01 Å². The molecule has 0 aliphatic heterocycles. The first-order chi connectivity index (χ1) is 6.13. The van der Waals surface area contributed by atoms with Crippen LogP contribution < -0.4 is 11.1 Å². The zero-order chi connectivity index (χ0) is 9.84. The molecule has 0 fully saturated rings. The Morgan fingerprint density at radius 2 is 2.15 bits per heavy atom. The van der Waals surface area contributed by atoms with Gasteiger partial charge in [-0.1, -0.05) is 30.5 Å². The van der Waals surface area contributed by atoms with Crippen molar-refractivity contribution in [2.75, 3.05) is 11.1 Å². The van der Waals surface area contributed by atoms with E-state index in [4.69, 9.17) is 10.2 Å². The first-order valence-electron chi connectivity index (χ1n) is 4.49. The van der Waals surface area contributed by atoms with Gasteiger partial charge in [0.1, 0.15) is 0 Å². The molecule has 2 atom stereocenters. The van der Waals surface area contributed by atoms with Crippen LogP contribution in [0.15, 0.2) is 4.42 Å². The summed E-state index contributed by atoms with van der Waals surface area (Å²) in [5, 5.41) is 10.4. The van der Waals surface area contributed by atoms with Crippen LogP contribution in [0, 0.1) is 5.92 Å². The fourth-order valence-electron chi connectivity index (χ4n) is 0.983. The Morgan fingerprint density at radius 3 is 2.62 bits per heavy atom. The molecule has 1 aromatic rings. The quantitative estimate of drug-likeness (QED) is 0.741. The van der Waals surface area contributed by atoms with Crippen LogP contribution in [-0.4, -0.2) is 16.2 Å². The summed E-state index contributed by atoms with van der Waals surface area (Å²) in [6, 6.07) is 0.800. The van der Waals surface area contributed by atoms with Gasteiger partial charge < -0.3 is 15.5 Å². The second kappa shape index (κ2) is 4.11. The molecule has 0 saturated carbocycles. The fourth-order valence-corrected chi connectivity index (χ4v) is 0.983. The molecule has 1 heterocycles. The highest BCUT2D eigenvalue weighted by Crippen LogP contribution is 2.13. The maximum Gasteiger partial charge on any atom is 0.317 e. The summed E-state index contributed by atoms with van der Waals surface area (Å²) >= 11 is 0. The third-order valence-corrected chi connectivity index (χ3v) is 2.29. The maximum atomic E-state index is 5.28. The van der Waals surface area contributed by atoms with Gasteiger partial charge in [0, 0.05) is 6.04 Å². The molecule has 3 N–H and O–H groups in total. The molecule has 1 rings (SSSR count). The molecule has 0 aromatic carbocycles. The van der Waals surface area contributed by atoms with Crippen LogP contribution >= 0.6 is 0 Å². The van der Waals surface area contributed by atoms with E-state index < -0.39 is 0 Å². The molecule has 13 heavy (non-hydrogen) atoms. The molecule has 5 nitrogen and oxygen atoms in total. The largest absolute Gasteiger partial charge is 0.390 e. The first-order valence-corrected chi connectivity index (χ1v) is 4.49. The summed E-state index contributed by atoms with van der Waals surface area (Å²) < 4.78 is 4.99. The molecule has 2 unspecified atom stereocenters. The highest BCUT2D eigenvalue weighted by molar-refractivity contribution is 5.23. The Morgan fingerprint density at radius 1 is 1.46 bits per heavy atom. The van der Waals surface area contributed by atoms with Crippen LogP contribution in [0.3, 0.4) is 0 Å². The van der Waals surface area contributed by atoms with Crippen molar-refractivity contribution in [2.45, 2.75) is 33.2 Å². The summed E-state index contributed by atoms with van der Waals surface area (Å²) in [5.74, 6) is 0.563. The standard InChI is InChI=1S/C8H16N4O/c1-4-5(2)6(3)10-8-12-11-7(9)13-8/h5-6H,4H2,1-3H3,(H2,9,11)(H,10,12). The van der Waals surface area contributed by atoms with Crippen molar-refractivity contribution >= 4 is 12.0 Å². The van der Waals surface area contributed by atoms with E-state index in [1.807, 2.05) is 0 Å². The lowest BCUT2D eigenvalue weighted by molar-refractivity contribution is 0.476. The van der Waals surface area contributed by atoms with E-state index in [9.17, 15) is 0 Å². The fraction of sp³-hybridized carbons (Fsp3) is 0.750. The van der Waals surface area contributed by atoms with E-state index in [0.29, 0.717) is 18.0 Å². The van der Waals surface area contributed by atoms with Crippen molar-refractivity contribution in [3.05, 3.63) is 0 Å². The summed E-state index contributed by atoms with van der Waals surface area (Å²) in [6.45, 7) is 6.39. The molecule has 0 amide bonds. The number of hydrogen-bond donors (Lipinski definition) is 2. The molecule has 0 radical (unpaired) electrons. The van der Waals surface area contributed by atoms with Crippen LogP contribution in [0.5, 0.6) is 0 Å². The van der Waals surface area contributed by atoms with Gasteiger partial charge in [0.25, 0.3) is 0 Å². The normalized spacial score (nSPS) is 15.3. The Labute approximate surface area is 77.7 Å². The van der Waals surface area contributed by atoms with Crippen molar-refractivity contribution < 1.29 is 4.42 Å². The van der Waals surface area contributed by atoms with Crippen molar-refractivity contribution in [1.82, 2.24) is 10.2 Å². The smallest absolute Gasteiger partial charge is 0.317 e. The van der Waals surface area contributed by atoms with Gasteiger partial charge in [0.05, 0.1) is 0 Å². The van der Waals surface area contributed by atoms with E-state index in [1.165, 1.54) is 0 Å². The van der Waals surface area contributed by atoms with E-state index >= 15 is 0 Å². The SMILES string of the molecule is CCC(C)C(C)Nc1nnc(N)o1. The molecule has 0 spiro atoms. The van der Waals surface area contributed by atoms with Gasteiger partial charge in [0.15, 0.2) is 0 Å². The lowest BCUT2D eigenvalue weighted by Gasteiger charge is -2.17. The highest BCUT2D eigenvalue weighted by atomic mass is 16.4. The second-order valence-electron chi connectivity index (χ2n) is 3.26. The number of anilines is 2. The van der Waals surface area contributed by atoms with E-state index in [2.05, 4.69) is 36.3 Å². The molecule has 0 aliphatic carbocycles. The number of aromatic nitrogens is 2. The third-order valence-electron chi connectivity index (χ3n) is 2.29. The average Bonchev–Trinajstić information content (AvgIpc) is 2.49. The van der Waals surface area contributed by atoms with Crippen molar-refractivity contribution in [1.29, 1.82) is 0 Å². The number of nitrogens with zero attached hydrogens (tertiary/aromatic N) is 2. The molecular weight excluding hydrogens is 168 g/mol. The van der Waals surface area contributed by atoms with Gasteiger partial charge in [-0.2, -0.15) is 0 Å². The van der Waals surface area contributed by atoms with Crippen LogP contribution in [0.2, 0.25) is 0 Å². The van der Waals surface area contributed by atoms with Crippen LogP contribution in [0.25, 0.3) is 0 Å². The molecule has 0 bridgehead atoms. The second-order valence-corrected chi connectivity index (χ2v) is 3.26. The van der Waals surface area contributed by atoms with Gasteiger partial charge >= 0.3 is 12.0 Å². The summed E-state index contributed by atoms with van der Waals surface area (Å²) in [7, 11) is 0. The highest BCUT2D eigenvalue weighted by Gasteiger charge is 2.12. The van der Waals surface area contributed by atoms with Crippen molar-refractivity contribution in [2.24, 2.45) is 5.92 Å². The maximum absolute atomic E-state index is 5.28. The third kappa shape index (κ3) is 2.61. The minimum Gasteiger partial charge on any atom is -0.390 e.